The molecule has 0 bridgehead atoms. The second kappa shape index (κ2) is 8.24. The normalized spacial score (nSPS) is 13.1. The van der Waals surface area contributed by atoms with Crippen molar-refractivity contribution < 1.29 is 28.9 Å². The van der Waals surface area contributed by atoms with Crippen molar-refractivity contribution in [1.29, 1.82) is 0 Å². The van der Waals surface area contributed by atoms with Crippen LogP contribution in [0.4, 0.5) is 4.79 Å². The third-order valence-electron chi connectivity index (χ3n) is 3.97. The molecule has 2 N–H and O–H groups in total. The first kappa shape index (κ1) is 17.6. The van der Waals surface area contributed by atoms with Crippen LogP contribution in [-0.4, -0.2) is 30.5 Å². The first-order valence-electron chi connectivity index (χ1n) is 8.17. The number of nitrogens with one attached hydrogen (secondary N) is 1. The summed E-state index contributed by atoms with van der Waals surface area (Å²) in [6, 6.07) is 14.5. The monoisotopic (exact) mass is 357 g/mol. The lowest BCUT2D eigenvalue weighted by molar-refractivity contribution is -0.141. The van der Waals surface area contributed by atoms with Crippen LogP contribution in [0.15, 0.2) is 48.5 Å². The van der Waals surface area contributed by atoms with Crippen molar-refractivity contribution >= 4 is 12.1 Å². The van der Waals surface area contributed by atoms with Crippen LogP contribution in [0.3, 0.4) is 0 Å². The van der Waals surface area contributed by atoms with Crippen LogP contribution >= 0.6 is 0 Å². The highest BCUT2D eigenvalue weighted by Crippen LogP contribution is 2.33. The molecule has 0 fully saturated rings. The number of hydrogen-bond donors (Lipinski definition) is 2. The maximum absolute atomic E-state index is 11.8. The van der Waals surface area contributed by atoms with Crippen LogP contribution < -0.4 is 14.8 Å². The van der Waals surface area contributed by atoms with E-state index in [1.165, 1.54) is 0 Å². The molecule has 0 saturated carbocycles. The molecule has 0 radical (unpaired) electrons. The van der Waals surface area contributed by atoms with Crippen LogP contribution in [0, 0.1) is 5.92 Å². The second-order valence-corrected chi connectivity index (χ2v) is 5.87. The largest absolute Gasteiger partial charge is 0.481 e. The fourth-order valence-corrected chi connectivity index (χ4v) is 2.58. The number of fused-ring (bicyclic) bond motifs is 1. The molecule has 1 amide bonds. The maximum Gasteiger partial charge on any atom is 0.407 e. The van der Waals surface area contributed by atoms with Gasteiger partial charge in [0.15, 0.2) is 11.5 Å². The second-order valence-electron chi connectivity index (χ2n) is 5.87. The van der Waals surface area contributed by atoms with E-state index in [1.807, 2.05) is 30.3 Å². The smallest absolute Gasteiger partial charge is 0.407 e. The van der Waals surface area contributed by atoms with Gasteiger partial charge >= 0.3 is 12.1 Å². The number of rotatable bonds is 7. The molecule has 1 aliphatic heterocycles. The van der Waals surface area contributed by atoms with Gasteiger partial charge in [0.1, 0.15) is 6.61 Å². The molecule has 1 heterocycles. The molecule has 0 aromatic heterocycles. The third-order valence-corrected chi connectivity index (χ3v) is 3.97. The molecule has 1 unspecified atom stereocenters. The molecular weight excluding hydrogens is 338 g/mol. The zero-order chi connectivity index (χ0) is 18.4. The van der Waals surface area contributed by atoms with Crippen molar-refractivity contribution in [2.45, 2.75) is 13.0 Å². The minimum absolute atomic E-state index is 0.0304. The first-order valence-corrected chi connectivity index (χ1v) is 8.17. The Morgan fingerprint density at radius 2 is 1.85 bits per heavy atom. The number of hydrogen-bond acceptors (Lipinski definition) is 5. The van der Waals surface area contributed by atoms with Crippen molar-refractivity contribution in [2.75, 3.05) is 13.3 Å². The molecular formula is C19H19NO6. The Bertz CT molecular complexity index is 777. The van der Waals surface area contributed by atoms with Crippen LogP contribution in [0.2, 0.25) is 0 Å². The van der Waals surface area contributed by atoms with Crippen LogP contribution in [0.5, 0.6) is 11.5 Å². The van der Waals surface area contributed by atoms with E-state index < -0.39 is 18.0 Å². The topological polar surface area (TPSA) is 94.1 Å². The van der Waals surface area contributed by atoms with Gasteiger partial charge in [-0.2, -0.15) is 0 Å². The van der Waals surface area contributed by atoms with Crippen LogP contribution in [0.1, 0.15) is 11.1 Å². The summed E-state index contributed by atoms with van der Waals surface area (Å²) >= 11 is 0. The molecule has 0 spiro atoms. The highest BCUT2D eigenvalue weighted by atomic mass is 16.7. The molecule has 3 rings (SSSR count). The van der Waals surface area contributed by atoms with Crippen molar-refractivity contribution in [1.82, 2.24) is 5.32 Å². The molecule has 7 heteroatoms. The summed E-state index contributed by atoms with van der Waals surface area (Å²) in [6.07, 6.45) is -0.393. The lowest BCUT2D eigenvalue weighted by Crippen LogP contribution is -2.34. The van der Waals surface area contributed by atoms with Crippen molar-refractivity contribution in [3.05, 3.63) is 59.7 Å². The fourth-order valence-electron chi connectivity index (χ4n) is 2.58. The summed E-state index contributed by atoms with van der Waals surface area (Å²) in [5.41, 5.74) is 1.65. The van der Waals surface area contributed by atoms with Gasteiger partial charge in [-0.25, -0.2) is 4.79 Å². The van der Waals surface area contributed by atoms with Gasteiger partial charge in [-0.3, -0.25) is 4.79 Å². The Morgan fingerprint density at radius 1 is 1.08 bits per heavy atom. The number of carbonyl (C=O) groups is 2. The zero-order valence-electron chi connectivity index (χ0n) is 14.0. The number of carboxylic acids is 1. The summed E-state index contributed by atoms with van der Waals surface area (Å²) < 4.78 is 15.6. The Labute approximate surface area is 150 Å². The van der Waals surface area contributed by atoms with Gasteiger partial charge in [0.05, 0.1) is 5.92 Å². The predicted octanol–water partition coefficient (Wildman–Crippen LogP) is 2.59. The van der Waals surface area contributed by atoms with Crippen LogP contribution in [-0.2, 0) is 22.6 Å². The highest BCUT2D eigenvalue weighted by Gasteiger charge is 2.21. The average molecular weight is 357 g/mol. The fraction of sp³-hybridized carbons (Fsp3) is 0.263. The molecule has 2 aromatic carbocycles. The number of amides is 1. The van der Waals surface area contributed by atoms with Gasteiger partial charge in [-0.1, -0.05) is 36.4 Å². The van der Waals surface area contributed by atoms with Crippen molar-refractivity contribution in [3.63, 3.8) is 0 Å². The first-order chi connectivity index (χ1) is 12.6. The number of carbonyl (C=O) groups excluding carboxylic acids is 1. The summed E-state index contributed by atoms with van der Waals surface area (Å²) in [4.78, 5) is 23.3. The predicted molar refractivity (Wildman–Crippen MR) is 92.0 cm³/mol. The number of aliphatic carboxylic acids is 1. The third kappa shape index (κ3) is 4.66. The summed E-state index contributed by atoms with van der Waals surface area (Å²) in [5, 5.41) is 11.9. The van der Waals surface area contributed by atoms with Crippen LogP contribution in [0.25, 0.3) is 0 Å². The molecule has 2 aromatic rings. The number of ether oxygens (including phenoxy) is 3. The molecule has 1 atom stereocenters. The van der Waals surface area contributed by atoms with E-state index >= 15 is 0 Å². The Morgan fingerprint density at radius 3 is 2.62 bits per heavy atom. The van der Waals surface area contributed by atoms with E-state index in [-0.39, 0.29) is 26.4 Å². The van der Waals surface area contributed by atoms with Gasteiger partial charge in [-0.15, -0.1) is 0 Å². The van der Waals surface area contributed by atoms with E-state index in [0.717, 1.165) is 11.1 Å². The minimum Gasteiger partial charge on any atom is -0.481 e. The molecule has 7 nitrogen and oxygen atoms in total. The molecule has 1 aliphatic rings. The standard InChI is InChI=1S/C19H19NO6/c21-18(22)15(8-14-6-7-16-17(9-14)26-12-25-16)10-20-19(23)24-11-13-4-2-1-3-5-13/h1-7,9,15H,8,10-12H2,(H,20,23)(H,21,22). The van der Waals surface area contributed by atoms with Gasteiger partial charge in [0.2, 0.25) is 6.79 Å². The number of benzene rings is 2. The molecule has 0 saturated heterocycles. The highest BCUT2D eigenvalue weighted by molar-refractivity contribution is 5.73. The quantitative estimate of drug-likeness (QED) is 0.791. The van der Waals surface area contributed by atoms with E-state index in [4.69, 9.17) is 14.2 Å². The Kier molecular flexibility index (Phi) is 5.58. The number of carboxylic acid groups (broad SMARTS) is 1. The van der Waals surface area contributed by atoms with Gasteiger partial charge < -0.3 is 24.6 Å². The number of alkyl carbamates (subject to hydrolysis) is 1. The summed E-state index contributed by atoms with van der Waals surface area (Å²) in [6.45, 7) is 0.264. The van der Waals surface area contributed by atoms with Crippen molar-refractivity contribution in [2.24, 2.45) is 5.92 Å². The van der Waals surface area contributed by atoms with E-state index in [0.29, 0.717) is 11.5 Å². The SMILES string of the molecule is O=C(NCC(Cc1ccc2c(c1)OCO2)C(=O)O)OCc1ccccc1. The van der Waals surface area contributed by atoms with Gasteiger partial charge in [0, 0.05) is 6.54 Å². The Hall–Kier alpha value is -3.22. The van der Waals surface area contributed by atoms with Gasteiger partial charge in [-0.05, 0) is 29.7 Å². The molecule has 26 heavy (non-hydrogen) atoms. The van der Waals surface area contributed by atoms with E-state index in [1.54, 1.807) is 18.2 Å². The van der Waals surface area contributed by atoms with E-state index in [9.17, 15) is 14.7 Å². The molecule has 136 valence electrons. The zero-order valence-corrected chi connectivity index (χ0v) is 14.0. The Balaban J connectivity index is 1.50. The summed E-state index contributed by atoms with van der Waals surface area (Å²) in [7, 11) is 0. The lowest BCUT2D eigenvalue weighted by Gasteiger charge is -2.14. The molecule has 0 aliphatic carbocycles. The van der Waals surface area contributed by atoms with E-state index in [2.05, 4.69) is 5.32 Å². The lowest BCUT2D eigenvalue weighted by atomic mass is 9.99. The average Bonchev–Trinajstić information content (AvgIpc) is 3.11. The maximum atomic E-state index is 11.8. The minimum atomic E-state index is -0.994. The van der Waals surface area contributed by atoms with Crippen molar-refractivity contribution in [3.8, 4) is 11.5 Å². The summed E-state index contributed by atoms with van der Waals surface area (Å²) in [5.74, 6) is -0.532. The van der Waals surface area contributed by atoms with Gasteiger partial charge in [0.25, 0.3) is 0 Å².